The molecule has 0 aromatic rings. The Morgan fingerprint density at radius 2 is 0.864 bits per heavy atom. The zero-order valence-corrected chi connectivity index (χ0v) is 14.3. The molecule has 0 aromatic heterocycles. The largest absolute Gasteiger partial charge is 0.291 e. The number of rotatable bonds is 17. The van der Waals surface area contributed by atoms with E-state index in [1.165, 1.54) is 25.7 Å². The number of carbonyl (C=O) groups excluding carboxylic acids is 2. The van der Waals surface area contributed by atoms with Gasteiger partial charge in [-0.3, -0.25) is 9.59 Å². The highest BCUT2D eigenvalue weighted by molar-refractivity contribution is 6.37. The second-order valence-electron chi connectivity index (χ2n) is 6.04. The summed E-state index contributed by atoms with van der Waals surface area (Å²) in [5.41, 5.74) is 0. The van der Waals surface area contributed by atoms with Crippen LogP contribution in [0.5, 0.6) is 0 Å². The quantitative estimate of drug-likeness (QED) is 0.189. The highest BCUT2D eigenvalue weighted by atomic mass is 16.2. The molecule has 0 heterocycles. The summed E-state index contributed by atoms with van der Waals surface area (Å²) in [6.45, 7) is 7.40. The zero-order chi connectivity index (χ0) is 16.5. The van der Waals surface area contributed by atoms with Gasteiger partial charge in [-0.2, -0.15) is 0 Å². The maximum atomic E-state index is 11.7. The molecule has 0 saturated heterocycles. The van der Waals surface area contributed by atoms with Gasteiger partial charge in [0.2, 0.25) is 0 Å². The summed E-state index contributed by atoms with van der Waals surface area (Å²) in [4.78, 5) is 23.4. The van der Waals surface area contributed by atoms with Crippen molar-refractivity contribution >= 4 is 11.6 Å². The molecular formula is C20H34O2. The maximum absolute atomic E-state index is 11.7. The third kappa shape index (κ3) is 13.8. The van der Waals surface area contributed by atoms with E-state index in [-0.39, 0.29) is 11.6 Å². The van der Waals surface area contributed by atoms with Crippen molar-refractivity contribution in [3.63, 3.8) is 0 Å². The summed E-state index contributed by atoms with van der Waals surface area (Å²) >= 11 is 0. The molecule has 0 saturated carbocycles. The number of ketones is 2. The lowest BCUT2D eigenvalue weighted by atomic mass is 10.0. The lowest BCUT2D eigenvalue weighted by Crippen LogP contribution is -2.13. The van der Waals surface area contributed by atoms with E-state index >= 15 is 0 Å². The van der Waals surface area contributed by atoms with E-state index in [1.54, 1.807) is 0 Å². The van der Waals surface area contributed by atoms with Gasteiger partial charge >= 0.3 is 0 Å². The lowest BCUT2D eigenvalue weighted by Gasteiger charge is -2.02. The van der Waals surface area contributed by atoms with Crippen LogP contribution in [0.25, 0.3) is 0 Å². The number of hydrogen-bond acceptors (Lipinski definition) is 2. The normalized spacial score (nSPS) is 10.4. The molecule has 0 spiro atoms. The van der Waals surface area contributed by atoms with Crippen LogP contribution in [0.2, 0.25) is 0 Å². The molecule has 0 rings (SSSR count). The minimum absolute atomic E-state index is 0.155. The molecule has 0 atom stereocenters. The van der Waals surface area contributed by atoms with Crippen LogP contribution in [-0.4, -0.2) is 11.6 Å². The highest BCUT2D eigenvalue weighted by Gasteiger charge is 2.12. The van der Waals surface area contributed by atoms with Crippen LogP contribution >= 0.6 is 0 Å². The number of allylic oxidation sites excluding steroid dienone is 2. The van der Waals surface area contributed by atoms with Crippen LogP contribution in [0, 0.1) is 0 Å². The van der Waals surface area contributed by atoms with E-state index < -0.39 is 0 Å². The Balaban J connectivity index is 3.41. The number of unbranched alkanes of at least 4 members (excludes halogenated alkanes) is 10. The maximum Gasteiger partial charge on any atom is 0.198 e. The van der Waals surface area contributed by atoms with Crippen molar-refractivity contribution in [2.24, 2.45) is 0 Å². The summed E-state index contributed by atoms with van der Waals surface area (Å²) in [7, 11) is 0. The number of carbonyl (C=O) groups is 2. The average molecular weight is 306 g/mol. The summed E-state index contributed by atoms with van der Waals surface area (Å²) in [6.07, 6.45) is 17.8. The van der Waals surface area contributed by atoms with E-state index in [1.807, 2.05) is 12.2 Å². The van der Waals surface area contributed by atoms with E-state index in [9.17, 15) is 9.59 Å². The number of hydrogen-bond donors (Lipinski definition) is 0. The second-order valence-corrected chi connectivity index (χ2v) is 6.04. The fraction of sp³-hybridized carbons (Fsp3) is 0.700. The topological polar surface area (TPSA) is 34.1 Å². The molecule has 0 aliphatic rings. The van der Waals surface area contributed by atoms with Gasteiger partial charge in [0.15, 0.2) is 11.6 Å². The van der Waals surface area contributed by atoms with Crippen LogP contribution in [-0.2, 0) is 9.59 Å². The molecule has 126 valence electrons. The molecule has 0 aliphatic heterocycles. The molecule has 0 radical (unpaired) electrons. The third-order valence-electron chi connectivity index (χ3n) is 3.94. The van der Waals surface area contributed by atoms with E-state index in [0.29, 0.717) is 12.8 Å². The molecule has 0 fully saturated rings. The minimum atomic E-state index is -0.155. The van der Waals surface area contributed by atoms with Crippen molar-refractivity contribution in [2.45, 2.75) is 89.9 Å². The van der Waals surface area contributed by atoms with Crippen LogP contribution < -0.4 is 0 Å². The summed E-state index contributed by atoms with van der Waals surface area (Å²) in [5, 5.41) is 0. The van der Waals surface area contributed by atoms with Gasteiger partial charge in [0.25, 0.3) is 0 Å². The molecule has 0 N–H and O–H groups in total. The number of Topliss-reactive ketones (excluding diaryl/α,β-unsaturated/α-hetero) is 2. The van der Waals surface area contributed by atoms with Gasteiger partial charge in [-0.1, -0.05) is 50.7 Å². The molecule has 2 heteroatoms. The van der Waals surface area contributed by atoms with Crippen molar-refractivity contribution in [2.75, 3.05) is 0 Å². The first-order valence-electron chi connectivity index (χ1n) is 9.00. The van der Waals surface area contributed by atoms with Crippen molar-refractivity contribution in [1.29, 1.82) is 0 Å². The Bertz CT molecular complexity index is 286. The SMILES string of the molecule is C=CCCCCCCCC(=O)C(=O)CCCCCCCC=C. The van der Waals surface area contributed by atoms with Crippen LogP contribution in [0.4, 0.5) is 0 Å². The third-order valence-corrected chi connectivity index (χ3v) is 3.94. The average Bonchev–Trinajstić information content (AvgIpc) is 2.52. The second kappa shape index (κ2) is 16.2. The van der Waals surface area contributed by atoms with Gasteiger partial charge in [0.1, 0.15) is 0 Å². The van der Waals surface area contributed by atoms with Crippen molar-refractivity contribution in [3.05, 3.63) is 25.3 Å². The molecule has 0 unspecified atom stereocenters. The van der Waals surface area contributed by atoms with E-state index in [2.05, 4.69) is 13.2 Å². The van der Waals surface area contributed by atoms with Crippen molar-refractivity contribution < 1.29 is 9.59 Å². The van der Waals surface area contributed by atoms with E-state index in [4.69, 9.17) is 0 Å². The first kappa shape index (κ1) is 20.8. The Labute approximate surface area is 137 Å². The standard InChI is InChI=1S/C20H34O2/c1-3-5-7-9-11-13-15-17-19(21)20(22)18-16-14-12-10-8-6-4-2/h3-4H,1-2,5-18H2. The first-order valence-corrected chi connectivity index (χ1v) is 9.00. The minimum Gasteiger partial charge on any atom is -0.291 e. The fourth-order valence-corrected chi connectivity index (χ4v) is 2.49. The van der Waals surface area contributed by atoms with Gasteiger partial charge < -0.3 is 0 Å². The lowest BCUT2D eigenvalue weighted by molar-refractivity contribution is -0.136. The Morgan fingerprint density at radius 3 is 1.23 bits per heavy atom. The fourth-order valence-electron chi connectivity index (χ4n) is 2.49. The smallest absolute Gasteiger partial charge is 0.198 e. The molecular weight excluding hydrogens is 272 g/mol. The highest BCUT2D eigenvalue weighted by Crippen LogP contribution is 2.10. The van der Waals surface area contributed by atoms with Gasteiger partial charge in [-0.25, -0.2) is 0 Å². The molecule has 0 aliphatic carbocycles. The Kier molecular flexibility index (Phi) is 15.3. The summed E-state index contributed by atoms with van der Waals surface area (Å²) in [6, 6.07) is 0. The zero-order valence-electron chi connectivity index (χ0n) is 14.3. The van der Waals surface area contributed by atoms with Crippen molar-refractivity contribution in [3.8, 4) is 0 Å². The Morgan fingerprint density at radius 1 is 0.545 bits per heavy atom. The van der Waals surface area contributed by atoms with Crippen LogP contribution in [0.1, 0.15) is 89.9 Å². The monoisotopic (exact) mass is 306 g/mol. The van der Waals surface area contributed by atoms with Gasteiger partial charge in [0, 0.05) is 12.8 Å². The van der Waals surface area contributed by atoms with Gasteiger partial charge in [-0.05, 0) is 38.5 Å². The summed E-state index contributed by atoms with van der Waals surface area (Å²) in [5.74, 6) is -0.310. The molecule has 0 amide bonds. The first-order chi connectivity index (χ1) is 10.7. The molecule has 22 heavy (non-hydrogen) atoms. The summed E-state index contributed by atoms with van der Waals surface area (Å²) < 4.78 is 0. The molecule has 0 aromatic carbocycles. The van der Waals surface area contributed by atoms with Crippen LogP contribution in [0.15, 0.2) is 25.3 Å². The van der Waals surface area contributed by atoms with E-state index in [0.717, 1.165) is 51.4 Å². The van der Waals surface area contributed by atoms with Gasteiger partial charge in [-0.15, -0.1) is 13.2 Å². The molecule has 2 nitrogen and oxygen atoms in total. The predicted molar refractivity (Wildman–Crippen MR) is 95.0 cm³/mol. The Hall–Kier alpha value is -1.18. The van der Waals surface area contributed by atoms with Gasteiger partial charge in [0.05, 0.1) is 0 Å². The van der Waals surface area contributed by atoms with Crippen LogP contribution in [0.3, 0.4) is 0 Å². The molecule has 0 bridgehead atoms. The van der Waals surface area contributed by atoms with Crippen molar-refractivity contribution in [1.82, 2.24) is 0 Å². The predicted octanol–water partition coefficient (Wildman–Crippen LogP) is 5.96.